The van der Waals surface area contributed by atoms with Gasteiger partial charge in [-0.15, -0.1) is 22.9 Å². The summed E-state index contributed by atoms with van der Waals surface area (Å²) in [5, 5.41) is 0.905. The molecule has 2 fully saturated rings. The van der Waals surface area contributed by atoms with Crippen LogP contribution in [-0.4, -0.2) is 45.6 Å². The third-order valence-electron chi connectivity index (χ3n) is 4.22. The molecular formula is C14H15Cl3N2O2S. The lowest BCUT2D eigenvalue weighted by molar-refractivity contribution is -0.137. The van der Waals surface area contributed by atoms with E-state index in [1.165, 1.54) is 4.90 Å². The molecule has 2 heterocycles. The number of halogens is 3. The Bertz CT molecular complexity index is 648. The molecule has 2 atom stereocenters. The average molecular weight is 382 g/mol. The molecule has 1 aromatic rings. The molecule has 1 aromatic heterocycles. The molecule has 1 saturated carbocycles. The molecule has 0 aromatic carbocycles. The van der Waals surface area contributed by atoms with Crippen molar-refractivity contribution in [3.63, 3.8) is 0 Å². The van der Waals surface area contributed by atoms with Crippen molar-refractivity contribution < 1.29 is 9.59 Å². The molecule has 120 valence electrons. The van der Waals surface area contributed by atoms with Gasteiger partial charge in [0.2, 0.25) is 11.8 Å². The van der Waals surface area contributed by atoms with E-state index in [4.69, 9.17) is 34.8 Å². The number of amides is 2. The fourth-order valence-corrected chi connectivity index (χ4v) is 4.65. The number of nitrogens with zero attached hydrogens (tertiary/aromatic N) is 2. The summed E-state index contributed by atoms with van der Waals surface area (Å²) in [5.74, 6) is -0.477. The fraction of sp³-hybridized carbons (Fsp3) is 0.571. The van der Waals surface area contributed by atoms with E-state index in [2.05, 4.69) is 0 Å². The zero-order chi connectivity index (χ0) is 16.3. The molecule has 22 heavy (non-hydrogen) atoms. The van der Waals surface area contributed by atoms with Gasteiger partial charge in [-0.25, -0.2) is 0 Å². The maximum atomic E-state index is 12.6. The molecule has 1 aliphatic carbocycles. The van der Waals surface area contributed by atoms with Gasteiger partial charge in [0.1, 0.15) is 10.4 Å². The monoisotopic (exact) mass is 380 g/mol. The van der Waals surface area contributed by atoms with Crippen LogP contribution in [0.15, 0.2) is 12.1 Å². The number of carbonyl (C=O) groups excluding carboxylic acids is 2. The topological polar surface area (TPSA) is 40.6 Å². The highest BCUT2D eigenvalue weighted by Crippen LogP contribution is 2.62. The first-order valence-corrected chi connectivity index (χ1v) is 8.84. The van der Waals surface area contributed by atoms with Crippen LogP contribution in [0.25, 0.3) is 0 Å². The number of hydrogen-bond donors (Lipinski definition) is 0. The Labute approximate surface area is 147 Å². The van der Waals surface area contributed by atoms with Gasteiger partial charge < -0.3 is 9.80 Å². The highest BCUT2D eigenvalue weighted by molar-refractivity contribution is 7.16. The first-order chi connectivity index (χ1) is 10.2. The van der Waals surface area contributed by atoms with E-state index in [1.807, 2.05) is 19.1 Å². The number of rotatable bonds is 3. The van der Waals surface area contributed by atoms with Crippen LogP contribution in [0.5, 0.6) is 0 Å². The van der Waals surface area contributed by atoms with Crippen LogP contribution in [0.4, 0.5) is 5.00 Å². The summed E-state index contributed by atoms with van der Waals surface area (Å²) in [6.45, 7) is 2.58. The van der Waals surface area contributed by atoms with Crippen LogP contribution < -0.4 is 4.90 Å². The normalized spacial score (nSPS) is 29.8. The van der Waals surface area contributed by atoms with Gasteiger partial charge in [0, 0.05) is 24.9 Å². The van der Waals surface area contributed by atoms with Crippen LogP contribution in [0.3, 0.4) is 0 Å². The summed E-state index contributed by atoms with van der Waals surface area (Å²) in [6.07, 6.45) is 0.769. The smallest absolute Gasteiger partial charge is 0.250 e. The molecule has 0 bridgehead atoms. The predicted octanol–water partition coefficient (Wildman–Crippen LogP) is 3.18. The fourth-order valence-electron chi connectivity index (χ4n) is 2.72. The molecule has 8 heteroatoms. The standard InChI is InChI=1S/C14H15Cl3N2O2S/c1-8-3-4-10(22-8)19-6-5-9(11(19)20)18(2)12(21)13(15)7-14(13,16)17/h3-4,9H,5-7H2,1-2H3. The van der Waals surface area contributed by atoms with Crippen molar-refractivity contribution in [1.82, 2.24) is 4.90 Å². The minimum absolute atomic E-state index is 0.0895. The Balaban J connectivity index is 1.74. The van der Waals surface area contributed by atoms with E-state index in [0.29, 0.717) is 13.0 Å². The minimum atomic E-state index is -1.31. The van der Waals surface area contributed by atoms with Gasteiger partial charge in [0.25, 0.3) is 0 Å². The zero-order valence-electron chi connectivity index (χ0n) is 12.1. The molecule has 1 saturated heterocycles. The third kappa shape index (κ3) is 2.42. The second-order valence-corrected chi connectivity index (χ2v) is 9.17. The van der Waals surface area contributed by atoms with Gasteiger partial charge >= 0.3 is 0 Å². The molecular weight excluding hydrogens is 367 g/mol. The first-order valence-electron chi connectivity index (χ1n) is 6.89. The molecule has 2 unspecified atom stereocenters. The summed E-state index contributed by atoms with van der Waals surface area (Å²) >= 11 is 19.6. The van der Waals surface area contributed by atoms with E-state index in [0.717, 1.165) is 9.88 Å². The van der Waals surface area contributed by atoms with E-state index in [1.54, 1.807) is 23.3 Å². The molecule has 0 N–H and O–H groups in total. The summed E-state index contributed by atoms with van der Waals surface area (Å²) in [7, 11) is 1.58. The number of alkyl halides is 3. The molecule has 2 amide bonds. The molecule has 3 rings (SSSR count). The van der Waals surface area contributed by atoms with Crippen molar-refractivity contribution in [2.24, 2.45) is 0 Å². The van der Waals surface area contributed by atoms with E-state index < -0.39 is 15.2 Å². The molecule has 4 nitrogen and oxygen atoms in total. The van der Waals surface area contributed by atoms with Crippen molar-refractivity contribution in [2.45, 2.75) is 35.0 Å². The van der Waals surface area contributed by atoms with Gasteiger partial charge in [-0.3, -0.25) is 9.59 Å². The van der Waals surface area contributed by atoms with Crippen molar-refractivity contribution >= 4 is 63.0 Å². The molecule has 1 aliphatic heterocycles. The molecule has 0 spiro atoms. The Morgan fingerprint density at radius 3 is 2.55 bits per heavy atom. The zero-order valence-corrected chi connectivity index (χ0v) is 15.2. The SMILES string of the molecule is Cc1ccc(N2CCC(N(C)C(=O)C3(Cl)CC3(Cl)Cl)C2=O)s1. The number of aryl methyl sites for hydroxylation is 1. The lowest BCUT2D eigenvalue weighted by Gasteiger charge is -2.26. The third-order valence-corrected chi connectivity index (χ3v) is 6.96. The van der Waals surface area contributed by atoms with E-state index in [9.17, 15) is 9.59 Å². The quantitative estimate of drug-likeness (QED) is 0.755. The van der Waals surface area contributed by atoms with Crippen LogP contribution in [-0.2, 0) is 9.59 Å². The van der Waals surface area contributed by atoms with Gasteiger partial charge in [0.05, 0.1) is 5.00 Å². The van der Waals surface area contributed by atoms with Gasteiger partial charge in [-0.2, -0.15) is 0 Å². The number of carbonyl (C=O) groups is 2. The summed E-state index contributed by atoms with van der Waals surface area (Å²) < 4.78 is -1.24. The van der Waals surface area contributed by atoms with Crippen LogP contribution in [0, 0.1) is 6.92 Å². The largest absolute Gasteiger partial charge is 0.332 e. The minimum Gasteiger partial charge on any atom is -0.332 e. The van der Waals surface area contributed by atoms with Gasteiger partial charge in [0.15, 0.2) is 4.87 Å². The predicted molar refractivity (Wildman–Crippen MR) is 90.2 cm³/mol. The van der Waals surface area contributed by atoms with E-state index >= 15 is 0 Å². The average Bonchev–Trinajstić information content (AvgIpc) is 2.81. The second-order valence-electron chi connectivity index (χ2n) is 5.78. The van der Waals surface area contributed by atoms with Crippen LogP contribution in [0.2, 0.25) is 0 Å². The Morgan fingerprint density at radius 2 is 2.05 bits per heavy atom. The highest BCUT2D eigenvalue weighted by Gasteiger charge is 2.72. The summed E-state index contributed by atoms with van der Waals surface area (Å²) in [6, 6.07) is 3.38. The van der Waals surface area contributed by atoms with E-state index in [-0.39, 0.29) is 18.2 Å². The van der Waals surface area contributed by atoms with Gasteiger partial charge in [-0.1, -0.05) is 23.2 Å². The van der Waals surface area contributed by atoms with Crippen molar-refractivity contribution in [1.29, 1.82) is 0 Å². The number of thiophene rings is 1. The summed E-state index contributed by atoms with van der Waals surface area (Å²) in [5.41, 5.74) is 0. The maximum Gasteiger partial charge on any atom is 0.250 e. The van der Waals surface area contributed by atoms with Crippen molar-refractivity contribution in [3.05, 3.63) is 17.0 Å². The highest BCUT2D eigenvalue weighted by atomic mass is 35.5. The first kappa shape index (κ1) is 16.4. The van der Waals surface area contributed by atoms with Crippen LogP contribution >= 0.6 is 46.1 Å². The van der Waals surface area contributed by atoms with Crippen LogP contribution in [0.1, 0.15) is 17.7 Å². The lowest BCUT2D eigenvalue weighted by atomic mass is 10.2. The van der Waals surface area contributed by atoms with Crippen molar-refractivity contribution in [2.75, 3.05) is 18.5 Å². The second kappa shape index (κ2) is 5.26. The number of hydrogen-bond acceptors (Lipinski definition) is 3. The number of anilines is 1. The Morgan fingerprint density at radius 1 is 1.41 bits per heavy atom. The molecule has 0 radical (unpaired) electrons. The lowest BCUT2D eigenvalue weighted by Crippen LogP contribution is -2.47. The Hall–Kier alpha value is -0.490. The maximum absolute atomic E-state index is 12.6. The molecule has 2 aliphatic rings. The van der Waals surface area contributed by atoms with Gasteiger partial charge in [-0.05, 0) is 25.5 Å². The Kier molecular flexibility index (Phi) is 3.92. The number of likely N-dealkylation sites (N-methyl/N-ethyl adjacent to an activating group) is 1. The summed E-state index contributed by atoms with van der Waals surface area (Å²) in [4.78, 5) is 28.0. The van der Waals surface area contributed by atoms with Crippen molar-refractivity contribution in [3.8, 4) is 0 Å².